The average Bonchev–Trinajstić information content (AvgIpc) is 3.02. The summed E-state index contributed by atoms with van der Waals surface area (Å²) in [4.78, 5) is 32.1. The summed E-state index contributed by atoms with van der Waals surface area (Å²) < 4.78 is 43.8. The van der Waals surface area contributed by atoms with E-state index in [4.69, 9.17) is 16.3 Å². The quantitative estimate of drug-likeness (QED) is 0.647. The zero-order chi connectivity index (χ0) is 22.2. The van der Waals surface area contributed by atoms with E-state index in [1.165, 1.54) is 23.2 Å². The van der Waals surface area contributed by atoms with Crippen molar-refractivity contribution < 1.29 is 27.5 Å². The molecule has 1 aromatic carbocycles. The van der Waals surface area contributed by atoms with Crippen LogP contribution >= 0.6 is 11.6 Å². The van der Waals surface area contributed by atoms with Crippen LogP contribution < -0.4 is 0 Å². The molecule has 4 rings (SSSR count). The molecule has 0 unspecified atom stereocenters. The maximum atomic E-state index is 12.7. The number of aromatic nitrogens is 1. The molecule has 0 N–H and O–H groups in total. The summed E-state index contributed by atoms with van der Waals surface area (Å²) in [5, 5.41) is 0.141. The van der Waals surface area contributed by atoms with E-state index >= 15 is 0 Å². The lowest BCUT2D eigenvalue weighted by atomic mass is 9.91. The Balaban J connectivity index is 1.37. The number of amides is 2. The van der Waals surface area contributed by atoms with Crippen LogP contribution in [0.4, 0.5) is 18.0 Å². The van der Waals surface area contributed by atoms with E-state index < -0.39 is 23.4 Å². The first-order valence-corrected chi connectivity index (χ1v) is 10.1. The van der Waals surface area contributed by atoms with Gasteiger partial charge in [0.2, 0.25) is 0 Å². The topological polar surface area (TPSA) is 62.7 Å². The molecule has 10 heteroatoms. The van der Waals surface area contributed by atoms with Gasteiger partial charge in [-0.25, -0.2) is 9.78 Å². The molecule has 0 saturated carbocycles. The van der Waals surface area contributed by atoms with Crippen molar-refractivity contribution in [1.29, 1.82) is 0 Å². The molecule has 2 amide bonds. The number of alkyl halides is 3. The molecule has 0 bridgehead atoms. The van der Waals surface area contributed by atoms with E-state index in [2.05, 4.69) is 4.98 Å². The first-order chi connectivity index (χ1) is 14.7. The van der Waals surface area contributed by atoms with Gasteiger partial charge in [-0.15, -0.1) is 0 Å². The number of halogens is 4. The highest BCUT2D eigenvalue weighted by molar-refractivity contribution is 6.32. The molecule has 2 aromatic rings. The molecule has 0 atom stereocenters. The Bertz CT molecular complexity index is 989. The number of hydrogen-bond donors (Lipinski definition) is 0. The summed E-state index contributed by atoms with van der Waals surface area (Å²) >= 11 is 6.01. The van der Waals surface area contributed by atoms with Crippen LogP contribution in [0.25, 0.3) is 0 Å². The highest BCUT2D eigenvalue weighted by Crippen LogP contribution is 2.35. The summed E-state index contributed by atoms with van der Waals surface area (Å²) in [5.41, 5.74) is -0.533. The van der Waals surface area contributed by atoms with Crippen LogP contribution in [0, 0.1) is 0 Å². The fourth-order valence-corrected chi connectivity index (χ4v) is 4.13. The van der Waals surface area contributed by atoms with Crippen LogP contribution in [0.3, 0.4) is 0 Å². The van der Waals surface area contributed by atoms with Crippen LogP contribution in [0.15, 0.2) is 42.6 Å². The summed E-state index contributed by atoms with van der Waals surface area (Å²) in [7, 11) is 0. The average molecular weight is 454 g/mol. The van der Waals surface area contributed by atoms with Gasteiger partial charge >= 0.3 is 12.3 Å². The lowest BCUT2D eigenvalue weighted by Gasteiger charge is -2.37. The molecule has 1 aromatic heterocycles. The highest BCUT2D eigenvalue weighted by atomic mass is 35.5. The Labute approximate surface area is 181 Å². The van der Waals surface area contributed by atoms with Crippen LogP contribution in [0.2, 0.25) is 5.15 Å². The van der Waals surface area contributed by atoms with Crippen molar-refractivity contribution >= 4 is 23.6 Å². The number of rotatable bonds is 3. The largest absolute Gasteiger partial charge is 0.441 e. The van der Waals surface area contributed by atoms with Crippen molar-refractivity contribution in [2.45, 2.75) is 31.2 Å². The van der Waals surface area contributed by atoms with Gasteiger partial charge in [-0.05, 0) is 29.8 Å². The third kappa shape index (κ3) is 4.46. The zero-order valence-corrected chi connectivity index (χ0v) is 17.1. The van der Waals surface area contributed by atoms with Crippen LogP contribution in [-0.2, 0) is 17.5 Å². The van der Waals surface area contributed by atoms with E-state index in [0.29, 0.717) is 43.6 Å². The lowest BCUT2D eigenvalue weighted by Crippen LogP contribution is -2.48. The second-order valence-electron chi connectivity index (χ2n) is 7.74. The molecule has 1 spiro atoms. The van der Waals surface area contributed by atoms with Gasteiger partial charge < -0.3 is 9.64 Å². The first kappa shape index (κ1) is 21.4. The standard InChI is InChI=1S/C21H19ClF3N3O3/c22-17-16(2-1-9-26-17)18(29)27-10-7-20(8-11-27)13-28(19(30)31-20)12-14-3-5-15(6-4-14)21(23,24)25/h1-6,9H,7-8,10-13H2. The van der Waals surface area contributed by atoms with Gasteiger partial charge in [-0.1, -0.05) is 23.7 Å². The molecule has 31 heavy (non-hydrogen) atoms. The van der Waals surface area contributed by atoms with E-state index in [1.54, 1.807) is 17.0 Å². The lowest BCUT2D eigenvalue weighted by molar-refractivity contribution is -0.137. The summed E-state index contributed by atoms with van der Waals surface area (Å²) in [5.74, 6) is -0.223. The van der Waals surface area contributed by atoms with Crippen LogP contribution in [0.1, 0.15) is 34.3 Å². The minimum Gasteiger partial charge on any atom is -0.441 e. The molecule has 0 radical (unpaired) electrons. The molecule has 3 heterocycles. The van der Waals surface area contributed by atoms with Crippen LogP contribution in [-0.4, -0.2) is 52.0 Å². The SMILES string of the molecule is O=C1OC2(CCN(C(=O)c3cccnc3Cl)CC2)CN1Cc1ccc(C(F)(F)F)cc1. The summed E-state index contributed by atoms with van der Waals surface area (Å²) in [6.07, 6.45) is -2.47. The third-order valence-corrected chi connectivity index (χ3v) is 5.95. The van der Waals surface area contributed by atoms with Crippen molar-refractivity contribution in [2.75, 3.05) is 19.6 Å². The van der Waals surface area contributed by atoms with Gasteiger partial charge in [-0.2, -0.15) is 13.2 Å². The van der Waals surface area contributed by atoms with E-state index in [1.807, 2.05) is 0 Å². The smallest absolute Gasteiger partial charge is 0.416 e. The molecule has 164 valence electrons. The first-order valence-electron chi connectivity index (χ1n) is 9.71. The fraction of sp³-hybridized carbons (Fsp3) is 0.381. The molecule has 2 aliphatic rings. The Morgan fingerprint density at radius 3 is 2.45 bits per heavy atom. The minimum absolute atomic E-state index is 0.141. The van der Waals surface area contributed by atoms with Gasteiger partial charge in [0.05, 0.1) is 17.7 Å². The van der Waals surface area contributed by atoms with E-state index in [0.717, 1.165) is 12.1 Å². The van der Waals surface area contributed by atoms with Gasteiger partial charge in [0.25, 0.3) is 5.91 Å². The number of piperidine rings is 1. The molecular formula is C21H19ClF3N3O3. The maximum absolute atomic E-state index is 12.7. The fourth-order valence-electron chi connectivity index (χ4n) is 3.93. The van der Waals surface area contributed by atoms with Crippen molar-refractivity contribution in [3.8, 4) is 0 Å². The predicted octanol–water partition coefficient (Wildman–Crippen LogP) is 4.38. The van der Waals surface area contributed by atoms with Gasteiger partial charge in [-0.3, -0.25) is 9.69 Å². The van der Waals surface area contributed by atoms with Crippen molar-refractivity contribution in [3.63, 3.8) is 0 Å². The number of likely N-dealkylation sites (tertiary alicyclic amines) is 1. The number of carbonyl (C=O) groups excluding carboxylic acids is 2. The molecule has 2 aliphatic heterocycles. The molecule has 6 nitrogen and oxygen atoms in total. The number of hydrogen-bond acceptors (Lipinski definition) is 4. The number of ether oxygens (including phenoxy) is 1. The number of nitrogens with zero attached hydrogens (tertiary/aromatic N) is 3. The Morgan fingerprint density at radius 2 is 1.84 bits per heavy atom. The predicted molar refractivity (Wildman–Crippen MR) is 105 cm³/mol. The maximum Gasteiger partial charge on any atom is 0.416 e. The number of pyridine rings is 1. The third-order valence-electron chi connectivity index (χ3n) is 5.65. The zero-order valence-electron chi connectivity index (χ0n) is 16.4. The Kier molecular flexibility index (Phi) is 5.55. The molecule has 2 saturated heterocycles. The number of benzene rings is 1. The van der Waals surface area contributed by atoms with Crippen molar-refractivity contribution in [1.82, 2.24) is 14.8 Å². The minimum atomic E-state index is -4.40. The molecule has 0 aliphatic carbocycles. The van der Waals surface area contributed by atoms with Gasteiger partial charge in [0.1, 0.15) is 10.8 Å². The van der Waals surface area contributed by atoms with Gasteiger partial charge in [0.15, 0.2) is 0 Å². The summed E-state index contributed by atoms with van der Waals surface area (Å²) in [6.45, 7) is 1.27. The number of carbonyl (C=O) groups is 2. The molecule has 2 fully saturated rings. The second-order valence-corrected chi connectivity index (χ2v) is 8.09. The van der Waals surface area contributed by atoms with E-state index in [9.17, 15) is 22.8 Å². The Morgan fingerprint density at radius 1 is 1.16 bits per heavy atom. The molecular weight excluding hydrogens is 435 g/mol. The monoisotopic (exact) mass is 453 g/mol. The van der Waals surface area contributed by atoms with Gasteiger partial charge in [0, 0.05) is 38.7 Å². The normalized spacial score (nSPS) is 18.4. The Hall–Kier alpha value is -2.81. The highest BCUT2D eigenvalue weighted by Gasteiger charge is 2.47. The van der Waals surface area contributed by atoms with Crippen molar-refractivity contribution in [2.24, 2.45) is 0 Å². The van der Waals surface area contributed by atoms with E-state index in [-0.39, 0.29) is 17.6 Å². The van der Waals surface area contributed by atoms with Crippen molar-refractivity contribution in [3.05, 3.63) is 64.4 Å². The summed E-state index contributed by atoms with van der Waals surface area (Å²) in [6, 6.07) is 7.98. The van der Waals surface area contributed by atoms with Crippen LogP contribution in [0.5, 0.6) is 0 Å². The second kappa shape index (κ2) is 8.03.